The van der Waals surface area contributed by atoms with Crippen molar-refractivity contribution in [2.75, 3.05) is 7.05 Å². The van der Waals surface area contributed by atoms with E-state index in [0.29, 0.717) is 28.1 Å². The van der Waals surface area contributed by atoms with Crippen LogP contribution in [0.25, 0.3) is 11.3 Å². The van der Waals surface area contributed by atoms with Crippen LogP contribution in [0.5, 0.6) is 5.88 Å². The lowest BCUT2D eigenvalue weighted by Gasteiger charge is -2.05. The van der Waals surface area contributed by atoms with Crippen molar-refractivity contribution < 1.29 is 18.3 Å². The molecule has 0 bridgehead atoms. The molecule has 0 aliphatic carbocycles. The summed E-state index contributed by atoms with van der Waals surface area (Å²) in [6, 6.07) is 13.3. The number of sulfonamides is 1. The van der Waals surface area contributed by atoms with Crippen LogP contribution in [0.1, 0.15) is 21.5 Å². The molecule has 4 rings (SSSR count). The Morgan fingerprint density at radius 1 is 1.00 bits per heavy atom. The number of rotatable bonds is 4. The van der Waals surface area contributed by atoms with Crippen molar-refractivity contribution in [3.63, 3.8) is 0 Å². The Hall–Kier alpha value is -2.75. The van der Waals surface area contributed by atoms with Gasteiger partial charge in [-0.2, -0.15) is 0 Å². The number of carbonyl (C=O) groups is 1. The Morgan fingerprint density at radius 3 is 2.21 bits per heavy atom. The molecule has 0 fully saturated rings. The normalized spacial score (nSPS) is 13.5. The van der Waals surface area contributed by atoms with E-state index in [1.54, 1.807) is 12.1 Å². The van der Waals surface area contributed by atoms with Gasteiger partial charge in [0.05, 0.1) is 27.4 Å². The number of aliphatic imine (C=N–C) groups is 1. The Kier molecular flexibility index (Phi) is 4.45. The monoisotopic (exact) mass is 459 g/mol. The van der Waals surface area contributed by atoms with Gasteiger partial charge in [0.1, 0.15) is 0 Å². The summed E-state index contributed by atoms with van der Waals surface area (Å²) in [7, 11) is -2.24. The van der Waals surface area contributed by atoms with E-state index in [9.17, 15) is 18.3 Å². The lowest BCUT2D eigenvalue weighted by Crippen LogP contribution is -2.18. The van der Waals surface area contributed by atoms with E-state index in [0.717, 1.165) is 10.0 Å². The third-order valence-corrected chi connectivity index (χ3v) is 6.44. The molecule has 3 N–H and O–H groups in total. The van der Waals surface area contributed by atoms with Crippen LogP contribution in [0.3, 0.4) is 0 Å². The first kappa shape index (κ1) is 18.6. The number of aromatic amines is 1. The molecule has 0 unspecified atom stereocenters. The molecule has 0 atom stereocenters. The molecule has 0 saturated heterocycles. The van der Waals surface area contributed by atoms with Gasteiger partial charge < -0.3 is 10.1 Å². The number of carbonyl (C=O) groups excluding carboxylic acids is 1. The molecule has 3 aromatic rings. The van der Waals surface area contributed by atoms with Gasteiger partial charge >= 0.3 is 0 Å². The minimum absolute atomic E-state index is 0.0951. The molecule has 0 radical (unpaired) electrons. The van der Waals surface area contributed by atoms with Gasteiger partial charge in [-0.1, -0.05) is 40.2 Å². The number of amides is 1. The molecule has 1 aliphatic heterocycles. The Morgan fingerprint density at radius 2 is 1.61 bits per heavy atom. The zero-order chi connectivity index (χ0) is 20.1. The van der Waals surface area contributed by atoms with E-state index in [2.05, 4.69) is 30.6 Å². The number of halogens is 1. The Balaban J connectivity index is 1.79. The third kappa shape index (κ3) is 2.97. The molecule has 142 valence electrons. The standard InChI is InChI=1S/C19H14BrN3O4S/c1-21-28(26,27)13-8-4-11(5-9-13)17-15-14(18(24)23-17)16(22-19(15)25)10-2-6-12(20)7-3-10/h2-9,21-22,25H,1H3. The first-order chi connectivity index (χ1) is 13.3. The van der Waals surface area contributed by atoms with Crippen LogP contribution in [0.4, 0.5) is 0 Å². The van der Waals surface area contributed by atoms with Crippen LogP contribution in [0.2, 0.25) is 0 Å². The lowest BCUT2D eigenvalue weighted by atomic mass is 10.0. The maximum Gasteiger partial charge on any atom is 0.280 e. The number of H-pyrrole nitrogens is 1. The maximum atomic E-state index is 12.6. The molecule has 28 heavy (non-hydrogen) atoms. The maximum absolute atomic E-state index is 12.6. The summed E-state index contributed by atoms with van der Waals surface area (Å²) >= 11 is 3.37. The van der Waals surface area contributed by atoms with E-state index < -0.39 is 15.9 Å². The van der Waals surface area contributed by atoms with Gasteiger partial charge in [-0.3, -0.25) is 4.79 Å². The summed E-state index contributed by atoms with van der Waals surface area (Å²) in [6.07, 6.45) is 0. The predicted octanol–water partition coefficient (Wildman–Crippen LogP) is 3.05. The van der Waals surface area contributed by atoms with Crippen molar-refractivity contribution in [2.24, 2.45) is 4.99 Å². The highest BCUT2D eigenvalue weighted by Gasteiger charge is 2.33. The molecule has 2 aromatic carbocycles. The fraction of sp³-hybridized carbons (Fsp3) is 0.0526. The third-order valence-electron chi connectivity index (χ3n) is 4.48. The quantitative estimate of drug-likeness (QED) is 0.556. The van der Waals surface area contributed by atoms with E-state index in [4.69, 9.17) is 0 Å². The fourth-order valence-electron chi connectivity index (χ4n) is 3.10. The SMILES string of the molecule is CNS(=O)(=O)c1ccc(C2=NC(=O)c3c(-c4ccc(Br)cc4)[nH]c(O)c32)cc1. The van der Waals surface area contributed by atoms with Crippen LogP contribution in [0.15, 0.2) is 62.9 Å². The smallest absolute Gasteiger partial charge is 0.280 e. The predicted molar refractivity (Wildman–Crippen MR) is 108 cm³/mol. The number of hydrogen-bond donors (Lipinski definition) is 3. The number of benzene rings is 2. The van der Waals surface area contributed by atoms with Crippen molar-refractivity contribution in [1.29, 1.82) is 0 Å². The molecule has 9 heteroatoms. The van der Waals surface area contributed by atoms with Gasteiger partial charge in [-0.05, 0) is 36.9 Å². The van der Waals surface area contributed by atoms with Crippen molar-refractivity contribution >= 4 is 37.6 Å². The zero-order valence-corrected chi connectivity index (χ0v) is 16.9. The number of aromatic hydroxyl groups is 1. The van der Waals surface area contributed by atoms with Crippen molar-refractivity contribution in [3.8, 4) is 17.1 Å². The molecule has 7 nitrogen and oxygen atoms in total. The average Bonchev–Trinajstić information content (AvgIpc) is 3.21. The minimum atomic E-state index is -3.57. The van der Waals surface area contributed by atoms with Crippen molar-refractivity contribution in [2.45, 2.75) is 4.90 Å². The van der Waals surface area contributed by atoms with Crippen molar-refractivity contribution in [1.82, 2.24) is 9.71 Å². The summed E-state index contributed by atoms with van der Waals surface area (Å²) < 4.78 is 26.9. The minimum Gasteiger partial charge on any atom is -0.494 e. The van der Waals surface area contributed by atoms with Gasteiger partial charge in [0, 0.05) is 10.0 Å². The fourth-order valence-corrected chi connectivity index (χ4v) is 4.09. The highest BCUT2D eigenvalue weighted by atomic mass is 79.9. The van der Waals surface area contributed by atoms with Gasteiger partial charge in [0.15, 0.2) is 5.88 Å². The van der Waals surface area contributed by atoms with Crippen LogP contribution in [-0.2, 0) is 10.0 Å². The van der Waals surface area contributed by atoms with Crippen molar-refractivity contribution in [3.05, 3.63) is 69.7 Å². The summed E-state index contributed by atoms with van der Waals surface area (Å²) in [5.74, 6) is -0.629. The average molecular weight is 460 g/mol. The summed E-state index contributed by atoms with van der Waals surface area (Å²) in [4.78, 5) is 19.6. The molecular weight excluding hydrogens is 446 g/mol. The summed E-state index contributed by atoms with van der Waals surface area (Å²) in [6.45, 7) is 0. The van der Waals surface area contributed by atoms with Gasteiger partial charge in [-0.15, -0.1) is 0 Å². The molecule has 1 aromatic heterocycles. The Labute approximate surface area is 169 Å². The highest BCUT2D eigenvalue weighted by Crippen LogP contribution is 2.38. The van der Waals surface area contributed by atoms with E-state index >= 15 is 0 Å². The largest absolute Gasteiger partial charge is 0.494 e. The molecular formula is C19H14BrN3O4S. The van der Waals surface area contributed by atoms with E-state index in [1.807, 2.05) is 24.3 Å². The Bertz CT molecular complexity index is 1230. The van der Waals surface area contributed by atoms with E-state index in [1.165, 1.54) is 19.2 Å². The van der Waals surface area contributed by atoms with Crippen LogP contribution < -0.4 is 4.72 Å². The van der Waals surface area contributed by atoms with Gasteiger partial charge in [0.2, 0.25) is 10.0 Å². The zero-order valence-electron chi connectivity index (χ0n) is 14.5. The number of nitrogens with one attached hydrogen (secondary N) is 2. The second-order valence-electron chi connectivity index (χ2n) is 6.10. The molecule has 0 saturated carbocycles. The molecule has 1 aliphatic rings. The topological polar surface area (TPSA) is 112 Å². The second kappa shape index (κ2) is 6.69. The number of fused-ring (bicyclic) bond motifs is 1. The molecule has 1 amide bonds. The van der Waals surface area contributed by atoms with Crippen LogP contribution >= 0.6 is 15.9 Å². The molecule has 2 heterocycles. The van der Waals surface area contributed by atoms with Gasteiger partial charge in [-0.25, -0.2) is 18.1 Å². The second-order valence-corrected chi connectivity index (χ2v) is 8.91. The number of hydrogen-bond acceptors (Lipinski definition) is 4. The van der Waals surface area contributed by atoms with Crippen LogP contribution in [-0.4, -0.2) is 37.2 Å². The number of aromatic nitrogens is 1. The van der Waals surface area contributed by atoms with Gasteiger partial charge in [0.25, 0.3) is 5.91 Å². The lowest BCUT2D eigenvalue weighted by molar-refractivity contribution is 0.101. The summed E-state index contributed by atoms with van der Waals surface area (Å²) in [5, 5.41) is 10.4. The molecule has 0 spiro atoms. The van der Waals surface area contributed by atoms with E-state index in [-0.39, 0.29) is 10.8 Å². The first-order valence-corrected chi connectivity index (χ1v) is 10.5. The number of nitrogens with zero attached hydrogens (tertiary/aromatic N) is 1. The summed E-state index contributed by atoms with van der Waals surface area (Å²) in [5.41, 5.74) is 2.65. The highest BCUT2D eigenvalue weighted by molar-refractivity contribution is 9.10. The van der Waals surface area contributed by atoms with Crippen LogP contribution in [0, 0.1) is 0 Å². The first-order valence-electron chi connectivity index (χ1n) is 8.20.